The highest BCUT2D eigenvalue weighted by Gasteiger charge is 2.28. The first-order valence-electron chi connectivity index (χ1n) is 7.24. The van der Waals surface area contributed by atoms with Gasteiger partial charge in [-0.05, 0) is 37.0 Å². The second-order valence-corrected chi connectivity index (χ2v) is 7.44. The fourth-order valence-electron chi connectivity index (χ4n) is 2.43. The summed E-state index contributed by atoms with van der Waals surface area (Å²) in [6, 6.07) is 4.50. The summed E-state index contributed by atoms with van der Waals surface area (Å²) in [5.74, 6) is -0.517. The summed E-state index contributed by atoms with van der Waals surface area (Å²) in [6.45, 7) is 1.27. The van der Waals surface area contributed by atoms with Crippen LogP contribution in [0.15, 0.2) is 35.2 Å². The van der Waals surface area contributed by atoms with Crippen LogP contribution >= 0.6 is 0 Å². The minimum Gasteiger partial charge on any atom is -0.310 e. The van der Waals surface area contributed by atoms with Gasteiger partial charge in [-0.25, -0.2) is 12.8 Å². The fraction of sp³-hybridized carbons (Fsp3) is 0.467. The maximum atomic E-state index is 13.5. The molecule has 2 aliphatic rings. The summed E-state index contributed by atoms with van der Waals surface area (Å²) in [5.41, 5.74) is 0.637. The topological polar surface area (TPSA) is 49.4 Å². The first-order valence-corrected chi connectivity index (χ1v) is 8.68. The molecular formula is C15H19FN2O2S. The van der Waals surface area contributed by atoms with Gasteiger partial charge < -0.3 is 5.32 Å². The van der Waals surface area contributed by atoms with Crippen LogP contribution in [0, 0.1) is 5.82 Å². The molecule has 0 unspecified atom stereocenters. The summed E-state index contributed by atoms with van der Waals surface area (Å²) in [4.78, 5) is 0.0888. The number of benzene rings is 1. The summed E-state index contributed by atoms with van der Waals surface area (Å²) in [7, 11) is -3.64. The smallest absolute Gasteiger partial charge is 0.243 e. The third kappa shape index (κ3) is 3.33. The molecule has 114 valence electrons. The SMILES string of the molecule is O=S(=O)(c1cc(F)ccc1CNC1CC1)N1CC=CCC1. The number of hydrogen-bond donors (Lipinski definition) is 1. The van der Waals surface area contributed by atoms with E-state index in [9.17, 15) is 12.8 Å². The number of rotatable bonds is 5. The molecule has 21 heavy (non-hydrogen) atoms. The van der Waals surface area contributed by atoms with E-state index in [1.807, 2.05) is 12.2 Å². The molecule has 1 aromatic carbocycles. The molecule has 1 aromatic rings. The van der Waals surface area contributed by atoms with Gasteiger partial charge in [-0.1, -0.05) is 18.2 Å². The van der Waals surface area contributed by atoms with Crippen molar-refractivity contribution in [3.05, 3.63) is 41.7 Å². The zero-order valence-electron chi connectivity index (χ0n) is 11.8. The Balaban J connectivity index is 1.90. The molecule has 3 rings (SSSR count). The van der Waals surface area contributed by atoms with Crippen LogP contribution in [-0.4, -0.2) is 31.9 Å². The highest BCUT2D eigenvalue weighted by molar-refractivity contribution is 7.89. The van der Waals surface area contributed by atoms with E-state index in [-0.39, 0.29) is 4.90 Å². The number of hydrogen-bond acceptors (Lipinski definition) is 3. The van der Waals surface area contributed by atoms with Crippen LogP contribution in [-0.2, 0) is 16.6 Å². The molecule has 6 heteroatoms. The summed E-state index contributed by atoms with van der Waals surface area (Å²) >= 11 is 0. The van der Waals surface area contributed by atoms with Gasteiger partial charge in [0.05, 0.1) is 4.90 Å². The zero-order valence-corrected chi connectivity index (χ0v) is 12.6. The Labute approximate surface area is 124 Å². The van der Waals surface area contributed by atoms with Gasteiger partial charge in [-0.15, -0.1) is 0 Å². The van der Waals surface area contributed by atoms with Gasteiger partial charge in [-0.2, -0.15) is 4.31 Å². The van der Waals surface area contributed by atoms with Crippen molar-refractivity contribution < 1.29 is 12.8 Å². The van der Waals surface area contributed by atoms with E-state index in [1.54, 1.807) is 6.07 Å². The first kappa shape index (κ1) is 14.7. The highest BCUT2D eigenvalue weighted by Crippen LogP contribution is 2.25. The van der Waals surface area contributed by atoms with Gasteiger partial charge >= 0.3 is 0 Å². The van der Waals surface area contributed by atoms with Crippen LogP contribution in [0.5, 0.6) is 0 Å². The molecule has 0 aromatic heterocycles. The fourth-order valence-corrected chi connectivity index (χ4v) is 4.07. The lowest BCUT2D eigenvalue weighted by Gasteiger charge is -2.24. The molecule has 4 nitrogen and oxygen atoms in total. The number of halogens is 1. The molecule has 1 heterocycles. The third-order valence-corrected chi connectivity index (χ3v) is 5.77. The van der Waals surface area contributed by atoms with Crippen LogP contribution in [0.3, 0.4) is 0 Å². The lowest BCUT2D eigenvalue weighted by Crippen LogP contribution is -2.34. The third-order valence-electron chi connectivity index (χ3n) is 3.83. The van der Waals surface area contributed by atoms with Gasteiger partial charge in [0.15, 0.2) is 0 Å². The van der Waals surface area contributed by atoms with Crippen LogP contribution in [0.2, 0.25) is 0 Å². The van der Waals surface area contributed by atoms with Crippen molar-refractivity contribution in [3.63, 3.8) is 0 Å². The predicted molar refractivity (Wildman–Crippen MR) is 78.8 cm³/mol. The second-order valence-electron chi connectivity index (χ2n) is 5.53. The lowest BCUT2D eigenvalue weighted by molar-refractivity contribution is 0.436. The molecule has 0 saturated heterocycles. The van der Waals surface area contributed by atoms with Crippen LogP contribution in [0.25, 0.3) is 0 Å². The molecule has 1 aliphatic carbocycles. The number of nitrogens with zero attached hydrogens (tertiary/aromatic N) is 1. The van der Waals surface area contributed by atoms with Crippen molar-refractivity contribution in [2.24, 2.45) is 0 Å². The van der Waals surface area contributed by atoms with Gasteiger partial charge in [-0.3, -0.25) is 0 Å². The molecule has 0 radical (unpaired) electrons. The Morgan fingerprint density at radius 2 is 2.10 bits per heavy atom. The van der Waals surface area contributed by atoms with E-state index in [4.69, 9.17) is 0 Å². The van der Waals surface area contributed by atoms with E-state index < -0.39 is 15.8 Å². The van der Waals surface area contributed by atoms with E-state index in [0.717, 1.165) is 18.9 Å². The molecule has 1 N–H and O–H groups in total. The quantitative estimate of drug-likeness (QED) is 0.847. The Bertz CT molecular complexity index is 654. The normalized spacial score (nSPS) is 19.9. The summed E-state index contributed by atoms with van der Waals surface area (Å²) < 4.78 is 40.4. The average Bonchev–Trinajstić information content (AvgIpc) is 3.31. The van der Waals surface area contributed by atoms with Crippen molar-refractivity contribution in [3.8, 4) is 0 Å². The van der Waals surface area contributed by atoms with Crippen LogP contribution < -0.4 is 5.32 Å². The van der Waals surface area contributed by atoms with Gasteiger partial charge in [0.1, 0.15) is 5.82 Å². The molecular weight excluding hydrogens is 291 g/mol. The van der Waals surface area contributed by atoms with Gasteiger partial charge in [0, 0.05) is 25.7 Å². The highest BCUT2D eigenvalue weighted by atomic mass is 32.2. The molecule has 1 fully saturated rings. The first-order chi connectivity index (χ1) is 10.1. The molecule has 0 spiro atoms. The van der Waals surface area contributed by atoms with Crippen molar-refractivity contribution in [2.45, 2.75) is 36.7 Å². The predicted octanol–water partition coefficient (Wildman–Crippen LogP) is 2.03. The van der Waals surface area contributed by atoms with Crippen LogP contribution in [0.4, 0.5) is 4.39 Å². The molecule has 0 amide bonds. The van der Waals surface area contributed by atoms with E-state index >= 15 is 0 Å². The average molecular weight is 310 g/mol. The standard InChI is InChI=1S/C15H19FN2O2S/c16-13-5-4-12(11-17-14-6-7-14)15(10-13)21(19,20)18-8-2-1-3-9-18/h1-2,4-5,10,14,17H,3,6-9,11H2. The maximum absolute atomic E-state index is 13.5. The molecule has 1 aliphatic heterocycles. The Morgan fingerprint density at radius 3 is 2.76 bits per heavy atom. The van der Waals surface area contributed by atoms with E-state index in [2.05, 4.69) is 5.32 Å². The van der Waals surface area contributed by atoms with Crippen molar-refractivity contribution in [1.29, 1.82) is 0 Å². The Morgan fingerprint density at radius 1 is 1.29 bits per heavy atom. The molecule has 0 bridgehead atoms. The minimum absolute atomic E-state index is 0.0888. The summed E-state index contributed by atoms with van der Waals surface area (Å²) in [5, 5.41) is 3.29. The largest absolute Gasteiger partial charge is 0.310 e. The molecule has 1 saturated carbocycles. The zero-order chi connectivity index (χ0) is 14.9. The molecule has 0 atom stereocenters. The number of nitrogens with one attached hydrogen (secondary N) is 1. The van der Waals surface area contributed by atoms with Gasteiger partial charge in [0.2, 0.25) is 10.0 Å². The Kier molecular flexibility index (Phi) is 4.10. The number of sulfonamides is 1. The van der Waals surface area contributed by atoms with Crippen molar-refractivity contribution >= 4 is 10.0 Å². The van der Waals surface area contributed by atoms with Gasteiger partial charge in [0.25, 0.3) is 0 Å². The Hall–Kier alpha value is -1.24. The van der Waals surface area contributed by atoms with Crippen molar-refractivity contribution in [2.75, 3.05) is 13.1 Å². The lowest BCUT2D eigenvalue weighted by atomic mass is 10.2. The van der Waals surface area contributed by atoms with Crippen molar-refractivity contribution in [1.82, 2.24) is 9.62 Å². The van der Waals surface area contributed by atoms with E-state index in [1.165, 1.54) is 10.4 Å². The summed E-state index contributed by atoms with van der Waals surface area (Å²) in [6.07, 6.45) is 6.75. The van der Waals surface area contributed by atoms with Crippen LogP contribution in [0.1, 0.15) is 24.8 Å². The maximum Gasteiger partial charge on any atom is 0.243 e. The minimum atomic E-state index is -3.64. The monoisotopic (exact) mass is 310 g/mol. The second kappa shape index (κ2) is 5.87. The van der Waals surface area contributed by atoms with E-state index in [0.29, 0.717) is 37.7 Å².